The largest absolute Gasteiger partial charge is 0.481 e. The van der Waals surface area contributed by atoms with Crippen LogP contribution < -0.4 is 0 Å². The minimum atomic E-state index is -0.959. The molecule has 0 fully saturated rings. The fourth-order valence-corrected chi connectivity index (χ4v) is 2.09. The van der Waals surface area contributed by atoms with Crippen molar-refractivity contribution in [3.05, 3.63) is 54.2 Å². The molecule has 20 heavy (non-hydrogen) atoms. The number of carboxylic acids is 1. The van der Waals surface area contributed by atoms with E-state index in [2.05, 4.69) is 9.97 Å². The van der Waals surface area contributed by atoms with Crippen molar-refractivity contribution in [2.75, 3.05) is 0 Å². The van der Waals surface area contributed by atoms with Gasteiger partial charge in [0, 0.05) is 18.0 Å². The number of nitrogens with zero attached hydrogens (tertiary/aromatic N) is 3. The van der Waals surface area contributed by atoms with Gasteiger partial charge in [0.2, 0.25) is 5.78 Å². The molecule has 0 unspecified atom stereocenters. The highest BCUT2D eigenvalue weighted by molar-refractivity contribution is 5.75. The zero-order valence-electron chi connectivity index (χ0n) is 10.3. The molecule has 2 aromatic heterocycles. The topological polar surface area (TPSA) is 67.5 Å². The Morgan fingerprint density at radius 2 is 2.05 bits per heavy atom. The first kappa shape index (κ1) is 12.3. The maximum Gasteiger partial charge on any atom is 0.309 e. The molecule has 6 heteroatoms. The van der Waals surface area contributed by atoms with Gasteiger partial charge in [-0.3, -0.25) is 9.20 Å². The molecule has 2 heterocycles. The van der Waals surface area contributed by atoms with E-state index in [4.69, 9.17) is 5.11 Å². The molecule has 0 radical (unpaired) electrons. The summed E-state index contributed by atoms with van der Waals surface area (Å²) in [4.78, 5) is 19.5. The Bertz CT molecular complexity index is 781. The summed E-state index contributed by atoms with van der Waals surface area (Å²) in [5, 5.41) is 9.04. The van der Waals surface area contributed by atoms with Gasteiger partial charge in [0.25, 0.3) is 0 Å². The van der Waals surface area contributed by atoms with Crippen LogP contribution in [-0.4, -0.2) is 25.4 Å². The zero-order valence-corrected chi connectivity index (χ0v) is 10.3. The first-order chi connectivity index (χ1) is 9.65. The lowest BCUT2D eigenvalue weighted by atomic mass is 10.1. The fourth-order valence-electron chi connectivity index (χ4n) is 2.09. The van der Waals surface area contributed by atoms with Crippen LogP contribution in [0.15, 0.2) is 42.7 Å². The first-order valence-corrected chi connectivity index (χ1v) is 5.95. The second-order valence-electron chi connectivity index (χ2n) is 4.27. The third-order valence-corrected chi connectivity index (χ3v) is 2.94. The number of rotatable bonds is 3. The molecular weight excluding hydrogens is 261 g/mol. The van der Waals surface area contributed by atoms with Crippen LogP contribution >= 0.6 is 0 Å². The van der Waals surface area contributed by atoms with Crippen LogP contribution in [0, 0.1) is 5.82 Å². The van der Waals surface area contributed by atoms with Gasteiger partial charge in [-0.25, -0.2) is 14.4 Å². The maximum atomic E-state index is 13.0. The van der Waals surface area contributed by atoms with E-state index >= 15 is 0 Å². The number of carboxylic acid groups (broad SMARTS) is 1. The normalized spacial score (nSPS) is 10.8. The molecule has 0 aliphatic heterocycles. The summed E-state index contributed by atoms with van der Waals surface area (Å²) in [6, 6.07) is 7.48. The van der Waals surface area contributed by atoms with Gasteiger partial charge >= 0.3 is 5.97 Å². The van der Waals surface area contributed by atoms with Gasteiger partial charge in [0.1, 0.15) is 5.82 Å². The number of carbonyl (C=O) groups is 1. The molecule has 1 N–H and O–H groups in total. The standard InChI is InChI=1S/C14H10FN3O2/c15-10-4-2-9(3-5-10)13-11(8-12(19)20)18-7-1-6-16-14(18)17-13/h1-7H,8H2,(H,19,20). The Kier molecular flexibility index (Phi) is 2.90. The van der Waals surface area contributed by atoms with Crippen LogP contribution in [0.1, 0.15) is 5.69 Å². The van der Waals surface area contributed by atoms with E-state index < -0.39 is 5.97 Å². The number of fused-ring (bicyclic) bond motifs is 1. The summed E-state index contributed by atoms with van der Waals surface area (Å²) in [6.45, 7) is 0. The van der Waals surface area contributed by atoms with E-state index in [1.807, 2.05) is 0 Å². The molecule has 100 valence electrons. The SMILES string of the molecule is O=C(O)Cc1c(-c2ccc(F)cc2)nc2ncccn12. The number of hydrogen-bond donors (Lipinski definition) is 1. The molecule has 0 saturated carbocycles. The summed E-state index contributed by atoms with van der Waals surface area (Å²) in [7, 11) is 0. The van der Waals surface area contributed by atoms with Crippen molar-refractivity contribution in [3.8, 4) is 11.3 Å². The quantitative estimate of drug-likeness (QED) is 0.792. The fraction of sp³-hybridized carbons (Fsp3) is 0.0714. The molecule has 0 aliphatic carbocycles. The molecule has 1 aromatic carbocycles. The summed E-state index contributed by atoms with van der Waals surface area (Å²) in [5.41, 5.74) is 1.69. The van der Waals surface area contributed by atoms with Crippen molar-refractivity contribution in [2.45, 2.75) is 6.42 Å². The van der Waals surface area contributed by atoms with Gasteiger partial charge in [-0.15, -0.1) is 0 Å². The van der Waals surface area contributed by atoms with Gasteiger partial charge in [0.05, 0.1) is 17.8 Å². The third-order valence-electron chi connectivity index (χ3n) is 2.94. The zero-order chi connectivity index (χ0) is 14.1. The lowest BCUT2D eigenvalue weighted by molar-refractivity contribution is -0.136. The average Bonchev–Trinajstić information content (AvgIpc) is 2.78. The summed E-state index contributed by atoms with van der Waals surface area (Å²) in [6.07, 6.45) is 3.11. The molecule has 0 saturated heterocycles. The molecule has 0 amide bonds. The van der Waals surface area contributed by atoms with Gasteiger partial charge < -0.3 is 5.11 Å². The van der Waals surface area contributed by atoms with Gasteiger partial charge in [-0.05, 0) is 30.3 Å². The monoisotopic (exact) mass is 271 g/mol. The van der Waals surface area contributed by atoms with E-state index in [0.29, 0.717) is 22.7 Å². The molecule has 3 rings (SSSR count). The Morgan fingerprint density at radius 1 is 1.30 bits per heavy atom. The van der Waals surface area contributed by atoms with Crippen molar-refractivity contribution in [2.24, 2.45) is 0 Å². The van der Waals surface area contributed by atoms with Crippen LogP contribution in [0.25, 0.3) is 17.0 Å². The number of hydrogen-bond acceptors (Lipinski definition) is 3. The van der Waals surface area contributed by atoms with Crippen molar-refractivity contribution in [1.82, 2.24) is 14.4 Å². The summed E-state index contributed by atoms with van der Waals surface area (Å²) >= 11 is 0. The molecule has 5 nitrogen and oxygen atoms in total. The molecule has 0 aliphatic rings. The average molecular weight is 271 g/mol. The predicted molar refractivity (Wildman–Crippen MR) is 69.7 cm³/mol. The highest BCUT2D eigenvalue weighted by Gasteiger charge is 2.16. The van der Waals surface area contributed by atoms with Crippen LogP contribution in [0.4, 0.5) is 4.39 Å². The van der Waals surface area contributed by atoms with Crippen LogP contribution in [0.2, 0.25) is 0 Å². The first-order valence-electron chi connectivity index (χ1n) is 5.95. The number of imidazole rings is 1. The lowest BCUT2D eigenvalue weighted by Crippen LogP contribution is -2.04. The molecule has 3 aromatic rings. The van der Waals surface area contributed by atoms with Crippen molar-refractivity contribution < 1.29 is 14.3 Å². The minimum Gasteiger partial charge on any atom is -0.481 e. The molecule has 0 spiro atoms. The van der Waals surface area contributed by atoms with Crippen LogP contribution in [-0.2, 0) is 11.2 Å². The number of aliphatic carboxylic acids is 1. The number of aromatic nitrogens is 3. The second kappa shape index (κ2) is 4.73. The van der Waals surface area contributed by atoms with E-state index in [9.17, 15) is 9.18 Å². The summed E-state index contributed by atoms with van der Waals surface area (Å²) in [5.74, 6) is -0.891. The Labute approximate surface area is 113 Å². The van der Waals surface area contributed by atoms with Gasteiger partial charge in [-0.1, -0.05) is 0 Å². The smallest absolute Gasteiger partial charge is 0.309 e. The van der Waals surface area contributed by atoms with E-state index in [1.54, 1.807) is 35.0 Å². The van der Waals surface area contributed by atoms with E-state index in [1.165, 1.54) is 12.1 Å². The number of benzene rings is 1. The molecule has 0 atom stereocenters. The highest BCUT2D eigenvalue weighted by Crippen LogP contribution is 2.24. The van der Waals surface area contributed by atoms with Gasteiger partial charge in [0.15, 0.2) is 0 Å². The lowest BCUT2D eigenvalue weighted by Gasteiger charge is -2.02. The highest BCUT2D eigenvalue weighted by atomic mass is 19.1. The van der Waals surface area contributed by atoms with E-state index in [-0.39, 0.29) is 12.2 Å². The predicted octanol–water partition coefficient (Wildman–Crippen LogP) is 2.16. The van der Waals surface area contributed by atoms with Crippen LogP contribution in [0.3, 0.4) is 0 Å². The summed E-state index contributed by atoms with van der Waals surface area (Å²) < 4.78 is 14.6. The Balaban J connectivity index is 2.23. The third kappa shape index (κ3) is 2.11. The minimum absolute atomic E-state index is 0.181. The van der Waals surface area contributed by atoms with Crippen molar-refractivity contribution >= 4 is 11.7 Å². The Hall–Kier alpha value is -2.76. The molecular formula is C14H10FN3O2. The second-order valence-corrected chi connectivity index (χ2v) is 4.27. The van der Waals surface area contributed by atoms with Gasteiger partial charge in [-0.2, -0.15) is 0 Å². The van der Waals surface area contributed by atoms with Crippen LogP contribution in [0.5, 0.6) is 0 Å². The number of halogens is 1. The molecule has 0 bridgehead atoms. The van der Waals surface area contributed by atoms with E-state index in [0.717, 1.165) is 0 Å². The van der Waals surface area contributed by atoms with Crippen molar-refractivity contribution in [3.63, 3.8) is 0 Å². The maximum absolute atomic E-state index is 13.0. The Morgan fingerprint density at radius 3 is 2.75 bits per heavy atom. The van der Waals surface area contributed by atoms with Crippen molar-refractivity contribution in [1.29, 1.82) is 0 Å².